The number of rotatable bonds is 8. The first-order chi connectivity index (χ1) is 11.9. The fourth-order valence-corrected chi connectivity index (χ4v) is 3.28. The topological polar surface area (TPSA) is 62.2 Å². The lowest BCUT2D eigenvalue weighted by molar-refractivity contribution is -0.122. The summed E-state index contributed by atoms with van der Waals surface area (Å²) in [4.78, 5) is 13.6. The molecule has 1 aromatic carbocycles. The Labute approximate surface area is 161 Å². The van der Waals surface area contributed by atoms with Crippen molar-refractivity contribution in [3.05, 3.63) is 32.7 Å². The van der Waals surface area contributed by atoms with Crippen LogP contribution in [-0.4, -0.2) is 40.7 Å². The van der Waals surface area contributed by atoms with E-state index in [1.54, 1.807) is 4.68 Å². The van der Waals surface area contributed by atoms with E-state index in [1.165, 1.54) is 11.3 Å². The molecule has 2 rings (SSSR count). The van der Waals surface area contributed by atoms with Gasteiger partial charge >= 0.3 is 0 Å². The molecule has 1 amide bonds. The zero-order chi connectivity index (χ0) is 18.4. The minimum atomic E-state index is -0.00116. The van der Waals surface area contributed by atoms with E-state index in [0.29, 0.717) is 33.9 Å². The Morgan fingerprint density at radius 1 is 1.48 bits per heavy atom. The molecular weight excluding hydrogens is 378 g/mol. The lowest BCUT2D eigenvalue weighted by Crippen LogP contribution is -2.36. The van der Waals surface area contributed by atoms with Gasteiger partial charge in [-0.15, -0.1) is 5.10 Å². The van der Waals surface area contributed by atoms with E-state index in [0.717, 1.165) is 17.7 Å². The first kappa shape index (κ1) is 19.8. The minimum absolute atomic E-state index is 0.00116. The molecule has 0 spiro atoms. The number of likely N-dealkylation sites (N-methyl/N-ethyl adjacent to an activating group) is 1. The largest absolute Gasteiger partial charge is 0.355 e. The van der Waals surface area contributed by atoms with E-state index >= 15 is 0 Å². The van der Waals surface area contributed by atoms with Gasteiger partial charge in [0.05, 0.1) is 13.2 Å². The van der Waals surface area contributed by atoms with Crippen molar-refractivity contribution in [2.45, 2.75) is 26.9 Å². The second-order valence-corrected chi connectivity index (χ2v) is 7.80. The van der Waals surface area contributed by atoms with Crippen LogP contribution in [0.3, 0.4) is 0 Å². The van der Waals surface area contributed by atoms with E-state index < -0.39 is 0 Å². The maximum Gasteiger partial charge on any atom is 0.234 e. The van der Waals surface area contributed by atoms with Crippen molar-refractivity contribution < 1.29 is 4.79 Å². The number of nitrogens with one attached hydrogen (secondary N) is 2. The number of nitrogens with zero attached hydrogens (tertiary/aromatic N) is 3. The second kappa shape index (κ2) is 9.28. The Hall–Kier alpha value is -1.48. The molecule has 25 heavy (non-hydrogen) atoms. The highest BCUT2D eigenvalue weighted by Gasteiger charge is 2.10. The van der Waals surface area contributed by atoms with Crippen LogP contribution in [0.25, 0.3) is 0 Å². The number of hydrogen-bond acceptors (Lipinski definition) is 6. The summed E-state index contributed by atoms with van der Waals surface area (Å²) in [5.74, 6) is -0.00116. The van der Waals surface area contributed by atoms with Gasteiger partial charge in [-0.05, 0) is 50.3 Å². The number of aryl methyl sites for hydroxylation is 1. The second-order valence-electron chi connectivity index (χ2n) is 5.77. The van der Waals surface area contributed by atoms with Crippen molar-refractivity contribution in [1.82, 2.24) is 20.0 Å². The van der Waals surface area contributed by atoms with E-state index in [4.69, 9.17) is 23.8 Å². The van der Waals surface area contributed by atoms with Crippen molar-refractivity contribution in [3.63, 3.8) is 0 Å². The average Bonchev–Trinajstić information content (AvgIpc) is 2.88. The van der Waals surface area contributed by atoms with Crippen LogP contribution in [0.5, 0.6) is 0 Å². The molecule has 0 atom stereocenters. The summed E-state index contributed by atoms with van der Waals surface area (Å²) in [5, 5.41) is 11.9. The zero-order valence-electron chi connectivity index (χ0n) is 14.5. The summed E-state index contributed by atoms with van der Waals surface area (Å²) < 4.78 is 2.34. The van der Waals surface area contributed by atoms with Gasteiger partial charge < -0.3 is 10.6 Å². The third kappa shape index (κ3) is 6.07. The molecule has 0 aliphatic rings. The molecule has 0 saturated heterocycles. The molecular formula is C16H22ClN5OS2. The number of aromatic nitrogens is 2. The Morgan fingerprint density at radius 3 is 2.92 bits per heavy atom. The van der Waals surface area contributed by atoms with Crippen LogP contribution >= 0.6 is 35.2 Å². The van der Waals surface area contributed by atoms with Gasteiger partial charge in [-0.3, -0.25) is 9.69 Å². The first-order valence-electron chi connectivity index (χ1n) is 7.95. The standard InChI is InChI=1S/C16H22ClN5OS2/c1-4-7-18-14(23)9-21(3)10-22-16(24)25-15(20-22)19-12-6-5-11(2)13(17)8-12/h5-6,8H,4,7,9-10H2,1-3H3,(H,18,23)(H,19,20). The van der Waals surface area contributed by atoms with E-state index in [-0.39, 0.29) is 5.91 Å². The molecule has 2 N–H and O–H groups in total. The summed E-state index contributed by atoms with van der Waals surface area (Å²) in [5.41, 5.74) is 1.88. The highest BCUT2D eigenvalue weighted by Crippen LogP contribution is 2.24. The van der Waals surface area contributed by atoms with Gasteiger partial charge in [0.25, 0.3) is 0 Å². The van der Waals surface area contributed by atoms with E-state index in [2.05, 4.69) is 15.7 Å². The average molecular weight is 400 g/mol. The number of hydrogen-bond donors (Lipinski definition) is 2. The predicted octanol–water partition coefficient (Wildman–Crippen LogP) is 3.80. The van der Waals surface area contributed by atoms with Crippen LogP contribution < -0.4 is 10.6 Å². The smallest absolute Gasteiger partial charge is 0.234 e. The molecule has 136 valence electrons. The Balaban J connectivity index is 1.98. The number of amides is 1. The summed E-state index contributed by atoms with van der Waals surface area (Å²) in [6.45, 7) is 5.42. The SMILES string of the molecule is CCCNC(=O)CN(C)Cn1nc(Nc2ccc(C)c(Cl)c2)sc1=S. The quantitative estimate of drug-likeness (QED) is 0.661. The van der Waals surface area contributed by atoms with Gasteiger partial charge in [0, 0.05) is 17.3 Å². The summed E-state index contributed by atoms with van der Waals surface area (Å²) >= 11 is 12.9. The van der Waals surface area contributed by atoms with Gasteiger partial charge in [0.2, 0.25) is 11.0 Å². The van der Waals surface area contributed by atoms with Crippen LogP contribution in [0.4, 0.5) is 10.8 Å². The molecule has 1 aromatic heterocycles. The molecule has 0 radical (unpaired) electrons. The molecule has 2 aromatic rings. The van der Waals surface area contributed by atoms with Gasteiger partial charge in [-0.25, -0.2) is 4.68 Å². The Bertz CT molecular complexity index is 789. The third-order valence-corrected chi connectivity index (χ3v) is 5.02. The molecule has 0 saturated carbocycles. The Kier molecular flexibility index (Phi) is 7.37. The minimum Gasteiger partial charge on any atom is -0.355 e. The maximum absolute atomic E-state index is 11.8. The fourth-order valence-electron chi connectivity index (χ4n) is 2.08. The van der Waals surface area contributed by atoms with E-state index in [9.17, 15) is 4.79 Å². The molecule has 0 bridgehead atoms. The predicted molar refractivity (Wildman–Crippen MR) is 106 cm³/mol. The normalized spacial score (nSPS) is 10.9. The van der Waals surface area contributed by atoms with Crippen LogP contribution in [0.2, 0.25) is 5.02 Å². The highest BCUT2D eigenvalue weighted by molar-refractivity contribution is 7.73. The van der Waals surface area contributed by atoms with Crippen molar-refractivity contribution in [2.75, 3.05) is 25.5 Å². The zero-order valence-corrected chi connectivity index (χ0v) is 16.9. The number of carbonyl (C=O) groups is 1. The van der Waals surface area contributed by atoms with Gasteiger partial charge in [0.1, 0.15) is 0 Å². The molecule has 0 unspecified atom stereocenters. The molecule has 6 nitrogen and oxygen atoms in total. The van der Waals surface area contributed by atoms with Crippen molar-refractivity contribution in [3.8, 4) is 0 Å². The molecule has 0 fully saturated rings. The van der Waals surface area contributed by atoms with Crippen LogP contribution in [0.1, 0.15) is 18.9 Å². The number of carbonyl (C=O) groups excluding carboxylic acids is 1. The third-order valence-electron chi connectivity index (χ3n) is 3.39. The molecule has 9 heteroatoms. The lowest BCUT2D eigenvalue weighted by Gasteiger charge is -2.15. The van der Waals surface area contributed by atoms with Gasteiger partial charge in [-0.2, -0.15) is 0 Å². The number of anilines is 2. The number of benzene rings is 1. The summed E-state index contributed by atoms with van der Waals surface area (Å²) in [6, 6.07) is 5.75. The highest BCUT2D eigenvalue weighted by atomic mass is 35.5. The van der Waals surface area contributed by atoms with Gasteiger partial charge in [0.15, 0.2) is 3.95 Å². The van der Waals surface area contributed by atoms with Crippen molar-refractivity contribution in [2.24, 2.45) is 0 Å². The van der Waals surface area contributed by atoms with Crippen LogP contribution in [0, 0.1) is 10.9 Å². The van der Waals surface area contributed by atoms with Crippen LogP contribution in [0.15, 0.2) is 18.2 Å². The fraction of sp³-hybridized carbons (Fsp3) is 0.438. The Morgan fingerprint density at radius 2 is 2.24 bits per heavy atom. The first-order valence-corrected chi connectivity index (χ1v) is 9.55. The summed E-state index contributed by atoms with van der Waals surface area (Å²) in [7, 11) is 1.86. The lowest BCUT2D eigenvalue weighted by atomic mass is 10.2. The van der Waals surface area contributed by atoms with Gasteiger partial charge in [-0.1, -0.05) is 35.9 Å². The molecule has 0 aliphatic carbocycles. The molecule has 0 aliphatic heterocycles. The van der Waals surface area contributed by atoms with Crippen molar-refractivity contribution >= 4 is 51.9 Å². The maximum atomic E-state index is 11.8. The van der Waals surface area contributed by atoms with Crippen molar-refractivity contribution in [1.29, 1.82) is 0 Å². The molecule has 1 heterocycles. The number of halogens is 1. The van der Waals surface area contributed by atoms with E-state index in [1.807, 2.05) is 44.0 Å². The summed E-state index contributed by atoms with van der Waals surface area (Å²) in [6.07, 6.45) is 0.921. The van der Waals surface area contributed by atoms with Crippen LogP contribution in [-0.2, 0) is 11.5 Å². The monoisotopic (exact) mass is 399 g/mol.